The van der Waals surface area contributed by atoms with E-state index < -0.39 is 12.1 Å². The van der Waals surface area contributed by atoms with Crippen LogP contribution < -0.4 is 5.32 Å². The summed E-state index contributed by atoms with van der Waals surface area (Å²) in [5.74, 6) is -0.107. The molecule has 0 heterocycles. The molecule has 6 nitrogen and oxygen atoms in total. The van der Waals surface area contributed by atoms with Crippen molar-refractivity contribution in [1.29, 1.82) is 0 Å². The van der Waals surface area contributed by atoms with Crippen molar-refractivity contribution in [2.45, 2.75) is 289 Å². The maximum Gasteiger partial charge on any atom is 0.305 e. The first kappa shape index (κ1) is 60.8. The van der Waals surface area contributed by atoms with Crippen molar-refractivity contribution in [2.24, 2.45) is 0 Å². The Labute approximate surface area is 391 Å². The molecular formula is C57H105NO5. The van der Waals surface area contributed by atoms with Crippen molar-refractivity contribution in [3.05, 3.63) is 48.6 Å². The minimum absolute atomic E-state index is 0.0202. The van der Waals surface area contributed by atoms with E-state index in [0.717, 1.165) is 83.5 Å². The number of hydrogen-bond acceptors (Lipinski definition) is 5. The van der Waals surface area contributed by atoms with E-state index >= 15 is 0 Å². The molecule has 63 heavy (non-hydrogen) atoms. The van der Waals surface area contributed by atoms with Gasteiger partial charge in [-0.05, 0) is 96.3 Å². The number of ether oxygens (including phenoxy) is 1. The summed E-state index contributed by atoms with van der Waals surface area (Å²) in [5.41, 5.74) is 0. The molecule has 0 aliphatic rings. The van der Waals surface area contributed by atoms with Crippen LogP contribution >= 0.6 is 0 Å². The van der Waals surface area contributed by atoms with Crippen LogP contribution in [0.4, 0.5) is 0 Å². The number of carbonyl (C=O) groups excluding carboxylic acids is 2. The lowest BCUT2D eigenvalue weighted by molar-refractivity contribution is -0.143. The van der Waals surface area contributed by atoms with E-state index in [1.54, 1.807) is 6.08 Å². The smallest absolute Gasteiger partial charge is 0.305 e. The maximum absolute atomic E-state index is 12.4. The number of allylic oxidation sites excluding steroid dienone is 7. The summed E-state index contributed by atoms with van der Waals surface area (Å²) >= 11 is 0. The van der Waals surface area contributed by atoms with Crippen molar-refractivity contribution in [3.63, 3.8) is 0 Å². The predicted molar refractivity (Wildman–Crippen MR) is 273 cm³/mol. The van der Waals surface area contributed by atoms with Gasteiger partial charge in [0.2, 0.25) is 5.91 Å². The van der Waals surface area contributed by atoms with Gasteiger partial charge in [0.25, 0.3) is 0 Å². The van der Waals surface area contributed by atoms with Gasteiger partial charge in [-0.25, -0.2) is 0 Å². The molecule has 2 atom stereocenters. The highest BCUT2D eigenvalue weighted by Crippen LogP contribution is 2.15. The van der Waals surface area contributed by atoms with Crippen molar-refractivity contribution >= 4 is 11.9 Å². The van der Waals surface area contributed by atoms with Crippen molar-refractivity contribution < 1.29 is 24.5 Å². The highest BCUT2D eigenvalue weighted by atomic mass is 16.5. The van der Waals surface area contributed by atoms with E-state index in [4.69, 9.17) is 4.74 Å². The molecule has 0 radical (unpaired) electrons. The third-order valence-electron chi connectivity index (χ3n) is 12.3. The summed E-state index contributed by atoms with van der Waals surface area (Å²) in [6, 6.07) is -0.639. The van der Waals surface area contributed by atoms with Crippen LogP contribution in [-0.4, -0.2) is 47.4 Å². The number of nitrogens with one attached hydrogen (secondary N) is 1. The summed E-state index contributed by atoms with van der Waals surface area (Å²) in [7, 11) is 0. The van der Waals surface area contributed by atoms with Gasteiger partial charge in [0.05, 0.1) is 25.4 Å². The van der Waals surface area contributed by atoms with E-state index in [1.165, 1.54) is 167 Å². The van der Waals surface area contributed by atoms with Crippen molar-refractivity contribution in [2.75, 3.05) is 13.2 Å². The minimum Gasteiger partial charge on any atom is -0.466 e. The molecule has 0 bridgehead atoms. The first-order valence-electron chi connectivity index (χ1n) is 27.4. The first-order valence-corrected chi connectivity index (χ1v) is 27.4. The fourth-order valence-corrected chi connectivity index (χ4v) is 8.07. The summed E-state index contributed by atoms with van der Waals surface area (Å²) in [6.07, 6.45) is 65.5. The molecule has 0 rings (SSSR count). The highest BCUT2D eigenvalue weighted by molar-refractivity contribution is 5.76. The molecule has 0 saturated heterocycles. The molecule has 368 valence electrons. The standard InChI is InChI=1S/C57H105NO5/c1-3-5-7-9-11-13-15-16-17-18-21-24-27-31-35-39-43-47-51-57(62)63-52-48-44-40-36-32-28-25-22-19-20-23-26-30-34-38-42-46-50-56(61)58-54(53-59)55(60)49-45-41-37-33-29-14-12-10-8-6-4-2/h17-19,22,28,32,45,49,54-55,59-60H,3-16,20-21,23-27,29-31,33-44,46-48,50-53H2,1-2H3,(H,58,61)/b18-17-,22-19-,32-28-,49-45+. The molecule has 6 heteroatoms. The van der Waals surface area contributed by atoms with Gasteiger partial charge >= 0.3 is 5.97 Å². The second-order valence-electron chi connectivity index (χ2n) is 18.5. The Balaban J connectivity index is 3.50. The van der Waals surface area contributed by atoms with Crippen LogP contribution in [0.25, 0.3) is 0 Å². The van der Waals surface area contributed by atoms with Crippen LogP contribution in [0, 0.1) is 0 Å². The van der Waals surface area contributed by atoms with Crippen LogP contribution in [-0.2, 0) is 14.3 Å². The molecule has 0 fully saturated rings. The SMILES string of the molecule is CCCCCCCCC/C=C\CCCCCCCCCC(=O)OCCCCC/C=C\C/C=C\CCCCCCCCCC(=O)NC(CO)C(O)/C=C/CCCCCCCCCCC. The fourth-order valence-electron chi connectivity index (χ4n) is 8.07. The van der Waals surface area contributed by atoms with E-state index in [9.17, 15) is 19.8 Å². The number of rotatable bonds is 50. The maximum atomic E-state index is 12.4. The summed E-state index contributed by atoms with van der Waals surface area (Å²) in [4.78, 5) is 24.4. The fraction of sp³-hybridized carbons (Fsp3) is 0.825. The van der Waals surface area contributed by atoms with Gasteiger partial charge in [-0.3, -0.25) is 9.59 Å². The summed E-state index contributed by atoms with van der Waals surface area (Å²) in [5, 5.41) is 23.0. The van der Waals surface area contributed by atoms with Gasteiger partial charge < -0.3 is 20.3 Å². The zero-order chi connectivity index (χ0) is 45.8. The quantitative estimate of drug-likeness (QED) is 0.0321. The topological polar surface area (TPSA) is 95.9 Å². The largest absolute Gasteiger partial charge is 0.466 e. The molecule has 0 saturated carbocycles. The van der Waals surface area contributed by atoms with Gasteiger partial charge in [-0.15, -0.1) is 0 Å². The normalized spacial score (nSPS) is 13.0. The third kappa shape index (κ3) is 49.1. The van der Waals surface area contributed by atoms with Gasteiger partial charge in [-0.2, -0.15) is 0 Å². The lowest BCUT2D eigenvalue weighted by Crippen LogP contribution is -2.45. The van der Waals surface area contributed by atoms with E-state index in [0.29, 0.717) is 19.4 Å². The highest BCUT2D eigenvalue weighted by Gasteiger charge is 2.18. The number of unbranched alkanes of at least 4 members (excludes halogenated alkanes) is 33. The molecule has 1 amide bonds. The zero-order valence-electron chi connectivity index (χ0n) is 41.8. The van der Waals surface area contributed by atoms with Crippen LogP contribution in [0.15, 0.2) is 48.6 Å². The van der Waals surface area contributed by atoms with Gasteiger partial charge in [0, 0.05) is 12.8 Å². The Morgan fingerprint density at radius 3 is 1.22 bits per heavy atom. The Bertz CT molecular complexity index is 1070. The Morgan fingerprint density at radius 1 is 0.444 bits per heavy atom. The molecule has 0 aliphatic heterocycles. The van der Waals surface area contributed by atoms with Gasteiger partial charge in [-0.1, -0.05) is 217 Å². The average molecular weight is 884 g/mol. The summed E-state index contributed by atoms with van der Waals surface area (Å²) in [6.45, 7) is 4.83. The minimum atomic E-state index is -0.854. The number of hydrogen-bond donors (Lipinski definition) is 3. The number of aliphatic hydroxyl groups excluding tert-OH is 2. The molecule has 0 spiro atoms. The van der Waals surface area contributed by atoms with E-state index in [-0.39, 0.29) is 18.5 Å². The van der Waals surface area contributed by atoms with Crippen molar-refractivity contribution in [1.82, 2.24) is 5.32 Å². The Kier molecular flexibility index (Phi) is 50.6. The molecule has 0 aromatic heterocycles. The molecular weight excluding hydrogens is 779 g/mol. The van der Waals surface area contributed by atoms with Crippen LogP contribution in [0.1, 0.15) is 277 Å². The van der Waals surface area contributed by atoms with Gasteiger partial charge in [0.15, 0.2) is 0 Å². The number of aliphatic hydroxyl groups is 2. The molecule has 0 aromatic rings. The van der Waals surface area contributed by atoms with Crippen molar-refractivity contribution in [3.8, 4) is 0 Å². The number of amides is 1. The van der Waals surface area contributed by atoms with Crippen LogP contribution in [0.3, 0.4) is 0 Å². The monoisotopic (exact) mass is 884 g/mol. The van der Waals surface area contributed by atoms with E-state index in [1.807, 2.05) is 6.08 Å². The number of esters is 1. The van der Waals surface area contributed by atoms with Crippen LogP contribution in [0.5, 0.6) is 0 Å². The predicted octanol–water partition coefficient (Wildman–Crippen LogP) is 16.6. The zero-order valence-corrected chi connectivity index (χ0v) is 41.8. The third-order valence-corrected chi connectivity index (χ3v) is 12.3. The Morgan fingerprint density at radius 2 is 0.794 bits per heavy atom. The van der Waals surface area contributed by atoms with Gasteiger partial charge in [0.1, 0.15) is 0 Å². The second-order valence-corrected chi connectivity index (χ2v) is 18.5. The second kappa shape index (κ2) is 52.4. The molecule has 0 aromatic carbocycles. The molecule has 3 N–H and O–H groups in total. The van der Waals surface area contributed by atoms with Crippen LogP contribution in [0.2, 0.25) is 0 Å². The molecule has 0 aliphatic carbocycles. The Hall–Kier alpha value is -2.18. The summed E-state index contributed by atoms with van der Waals surface area (Å²) < 4.78 is 5.46. The first-order chi connectivity index (χ1) is 31.0. The molecule has 2 unspecified atom stereocenters. The lowest BCUT2D eigenvalue weighted by atomic mass is 10.1. The average Bonchev–Trinajstić information content (AvgIpc) is 3.28. The number of carbonyl (C=O) groups is 2. The van der Waals surface area contributed by atoms with E-state index in [2.05, 4.69) is 55.6 Å². The lowest BCUT2D eigenvalue weighted by Gasteiger charge is -2.20.